The van der Waals surface area contributed by atoms with Crippen molar-refractivity contribution in [2.75, 3.05) is 0 Å². The lowest BCUT2D eigenvalue weighted by molar-refractivity contribution is -0.117. The third-order valence-corrected chi connectivity index (χ3v) is 2.36. The van der Waals surface area contributed by atoms with Gasteiger partial charge in [0.05, 0.1) is 0 Å². The van der Waals surface area contributed by atoms with Gasteiger partial charge in [0, 0.05) is 6.42 Å². The molecule has 2 heteroatoms. The second kappa shape index (κ2) is 6.94. The van der Waals surface area contributed by atoms with Crippen LogP contribution in [0.1, 0.15) is 31.7 Å². The summed E-state index contributed by atoms with van der Waals surface area (Å²) in [6.45, 7) is 1.60. The SMILES string of the molecule is CC(=O)CCC/C=C/Cc1ccccc1F. The monoisotopic (exact) mass is 220 g/mol. The first-order valence-corrected chi connectivity index (χ1v) is 5.58. The van der Waals surface area contributed by atoms with E-state index in [-0.39, 0.29) is 11.6 Å². The summed E-state index contributed by atoms with van der Waals surface area (Å²) in [6, 6.07) is 6.78. The van der Waals surface area contributed by atoms with Crippen LogP contribution in [-0.4, -0.2) is 5.78 Å². The summed E-state index contributed by atoms with van der Waals surface area (Å²) in [4.78, 5) is 10.7. The first-order valence-electron chi connectivity index (χ1n) is 5.58. The highest BCUT2D eigenvalue weighted by Gasteiger charge is 1.96. The molecule has 0 atom stereocenters. The van der Waals surface area contributed by atoms with Crippen LogP contribution >= 0.6 is 0 Å². The third kappa shape index (κ3) is 4.87. The van der Waals surface area contributed by atoms with E-state index in [0.29, 0.717) is 18.4 Å². The number of carbonyl (C=O) groups excluding carboxylic acids is 1. The number of halogens is 1. The molecule has 16 heavy (non-hydrogen) atoms. The van der Waals surface area contributed by atoms with Gasteiger partial charge in [0.15, 0.2) is 0 Å². The van der Waals surface area contributed by atoms with E-state index in [2.05, 4.69) is 0 Å². The molecule has 1 aromatic rings. The van der Waals surface area contributed by atoms with Gasteiger partial charge in [-0.05, 0) is 37.8 Å². The number of hydrogen-bond donors (Lipinski definition) is 0. The van der Waals surface area contributed by atoms with Crippen molar-refractivity contribution in [2.45, 2.75) is 32.6 Å². The highest BCUT2D eigenvalue weighted by Crippen LogP contribution is 2.08. The Labute approximate surface area is 96.0 Å². The van der Waals surface area contributed by atoms with E-state index >= 15 is 0 Å². The number of rotatable bonds is 6. The van der Waals surface area contributed by atoms with E-state index in [4.69, 9.17) is 0 Å². The second-order valence-corrected chi connectivity index (χ2v) is 3.86. The summed E-state index contributed by atoms with van der Waals surface area (Å²) in [5, 5.41) is 0. The fraction of sp³-hybridized carbons (Fsp3) is 0.357. The number of Topliss-reactive ketones (excluding diaryl/α,β-unsaturated/α-hetero) is 1. The number of hydrogen-bond acceptors (Lipinski definition) is 1. The third-order valence-electron chi connectivity index (χ3n) is 2.36. The summed E-state index contributed by atoms with van der Waals surface area (Å²) >= 11 is 0. The quantitative estimate of drug-likeness (QED) is 0.528. The maximum atomic E-state index is 13.2. The molecule has 0 aliphatic heterocycles. The molecular weight excluding hydrogens is 203 g/mol. The lowest BCUT2D eigenvalue weighted by Gasteiger charge is -1.97. The molecule has 0 amide bonds. The Hall–Kier alpha value is -1.44. The van der Waals surface area contributed by atoms with E-state index in [9.17, 15) is 9.18 Å². The van der Waals surface area contributed by atoms with E-state index in [1.165, 1.54) is 6.07 Å². The molecule has 0 radical (unpaired) electrons. The van der Waals surface area contributed by atoms with Gasteiger partial charge in [-0.25, -0.2) is 4.39 Å². The zero-order valence-corrected chi connectivity index (χ0v) is 9.58. The molecule has 0 saturated heterocycles. The van der Waals surface area contributed by atoms with E-state index in [0.717, 1.165) is 12.8 Å². The van der Waals surface area contributed by atoms with Gasteiger partial charge in [0.2, 0.25) is 0 Å². The number of ketones is 1. The van der Waals surface area contributed by atoms with Crippen LogP contribution in [0.25, 0.3) is 0 Å². The predicted octanol–water partition coefficient (Wildman–Crippen LogP) is 3.68. The van der Waals surface area contributed by atoms with Crippen molar-refractivity contribution < 1.29 is 9.18 Å². The van der Waals surface area contributed by atoms with Crippen molar-refractivity contribution >= 4 is 5.78 Å². The number of benzene rings is 1. The summed E-state index contributed by atoms with van der Waals surface area (Å²) in [5.74, 6) is 0.0680. The van der Waals surface area contributed by atoms with E-state index < -0.39 is 0 Å². The molecule has 0 spiro atoms. The van der Waals surface area contributed by atoms with E-state index in [1.54, 1.807) is 19.1 Å². The Morgan fingerprint density at radius 2 is 2.06 bits per heavy atom. The second-order valence-electron chi connectivity index (χ2n) is 3.86. The summed E-state index contributed by atoms with van der Waals surface area (Å²) in [7, 11) is 0. The minimum atomic E-state index is -0.157. The fourth-order valence-corrected chi connectivity index (χ4v) is 1.46. The molecule has 0 saturated carbocycles. The van der Waals surface area contributed by atoms with Crippen LogP contribution in [0.4, 0.5) is 4.39 Å². The molecule has 0 heterocycles. The first kappa shape index (κ1) is 12.6. The fourth-order valence-electron chi connectivity index (χ4n) is 1.46. The Bertz CT molecular complexity index is 369. The summed E-state index contributed by atoms with van der Waals surface area (Å²) < 4.78 is 13.2. The molecule has 86 valence electrons. The van der Waals surface area contributed by atoms with Crippen LogP contribution in [0.15, 0.2) is 36.4 Å². The molecule has 0 fully saturated rings. The van der Waals surface area contributed by atoms with Crippen molar-refractivity contribution in [1.82, 2.24) is 0 Å². The van der Waals surface area contributed by atoms with Crippen LogP contribution < -0.4 is 0 Å². The standard InChI is InChI=1S/C14H17FO/c1-12(16)8-4-2-3-5-9-13-10-6-7-11-14(13)15/h3,5-7,10-11H,2,4,8-9H2,1H3/b5-3+. The summed E-state index contributed by atoms with van der Waals surface area (Å²) in [5.41, 5.74) is 0.713. The van der Waals surface area contributed by atoms with Crippen LogP contribution in [0.5, 0.6) is 0 Å². The van der Waals surface area contributed by atoms with Crippen LogP contribution in [-0.2, 0) is 11.2 Å². The summed E-state index contributed by atoms with van der Waals surface area (Å²) in [6.07, 6.45) is 6.97. The number of allylic oxidation sites excluding steroid dienone is 2. The highest BCUT2D eigenvalue weighted by atomic mass is 19.1. The molecule has 0 aromatic heterocycles. The average molecular weight is 220 g/mol. The van der Waals surface area contributed by atoms with Gasteiger partial charge in [-0.1, -0.05) is 30.4 Å². The van der Waals surface area contributed by atoms with Crippen molar-refractivity contribution in [2.24, 2.45) is 0 Å². The topological polar surface area (TPSA) is 17.1 Å². The highest BCUT2D eigenvalue weighted by molar-refractivity contribution is 5.75. The smallest absolute Gasteiger partial charge is 0.129 e. The maximum Gasteiger partial charge on any atom is 0.129 e. The molecule has 1 nitrogen and oxygen atoms in total. The lowest BCUT2D eigenvalue weighted by atomic mass is 10.1. The molecule has 0 unspecified atom stereocenters. The van der Waals surface area contributed by atoms with Crippen LogP contribution in [0, 0.1) is 5.82 Å². The molecule has 0 aliphatic rings. The lowest BCUT2D eigenvalue weighted by Crippen LogP contribution is -1.88. The Balaban J connectivity index is 2.27. The van der Waals surface area contributed by atoms with Crippen LogP contribution in [0.2, 0.25) is 0 Å². The van der Waals surface area contributed by atoms with Gasteiger partial charge in [-0.2, -0.15) is 0 Å². The van der Waals surface area contributed by atoms with Gasteiger partial charge >= 0.3 is 0 Å². The van der Waals surface area contributed by atoms with Crippen molar-refractivity contribution in [3.05, 3.63) is 47.8 Å². The van der Waals surface area contributed by atoms with Gasteiger partial charge in [0.1, 0.15) is 11.6 Å². The van der Waals surface area contributed by atoms with Crippen molar-refractivity contribution in [3.8, 4) is 0 Å². The van der Waals surface area contributed by atoms with Crippen molar-refractivity contribution in [1.29, 1.82) is 0 Å². The van der Waals surface area contributed by atoms with Gasteiger partial charge in [-0.15, -0.1) is 0 Å². The largest absolute Gasteiger partial charge is 0.300 e. The van der Waals surface area contributed by atoms with Crippen LogP contribution in [0.3, 0.4) is 0 Å². The molecule has 0 bridgehead atoms. The average Bonchev–Trinajstić information content (AvgIpc) is 2.25. The molecule has 1 rings (SSSR count). The number of carbonyl (C=O) groups is 1. The predicted molar refractivity (Wildman–Crippen MR) is 63.8 cm³/mol. The minimum Gasteiger partial charge on any atom is -0.300 e. The zero-order chi connectivity index (χ0) is 11.8. The molecule has 1 aromatic carbocycles. The Morgan fingerprint density at radius 1 is 1.31 bits per heavy atom. The zero-order valence-electron chi connectivity index (χ0n) is 9.58. The minimum absolute atomic E-state index is 0.157. The van der Waals surface area contributed by atoms with Gasteiger partial charge < -0.3 is 4.79 Å². The van der Waals surface area contributed by atoms with Gasteiger partial charge in [0.25, 0.3) is 0 Å². The number of unbranched alkanes of at least 4 members (excludes halogenated alkanes) is 1. The van der Waals surface area contributed by atoms with Crippen molar-refractivity contribution in [3.63, 3.8) is 0 Å². The Kier molecular flexibility index (Phi) is 5.48. The van der Waals surface area contributed by atoms with Gasteiger partial charge in [-0.3, -0.25) is 0 Å². The Morgan fingerprint density at radius 3 is 2.75 bits per heavy atom. The first-order chi connectivity index (χ1) is 7.70. The molecule has 0 N–H and O–H groups in total. The maximum absolute atomic E-state index is 13.2. The normalized spacial score (nSPS) is 10.9. The molecular formula is C14H17FO. The van der Waals surface area contributed by atoms with E-state index in [1.807, 2.05) is 18.2 Å². The molecule has 0 aliphatic carbocycles.